The number of nitrogens with one attached hydrogen (secondary N) is 1. The zero-order valence-electron chi connectivity index (χ0n) is 18.8. The van der Waals surface area contributed by atoms with Crippen LogP contribution in [0.3, 0.4) is 0 Å². The van der Waals surface area contributed by atoms with Gasteiger partial charge in [0.1, 0.15) is 0 Å². The first-order valence-electron chi connectivity index (χ1n) is 11.3. The Kier molecular flexibility index (Phi) is 6.49. The number of amides is 2. The van der Waals surface area contributed by atoms with Gasteiger partial charge in [0, 0.05) is 11.6 Å². The normalized spacial score (nSPS) is 23.7. The van der Waals surface area contributed by atoms with Crippen LogP contribution in [0.2, 0.25) is 0 Å². The summed E-state index contributed by atoms with van der Waals surface area (Å²) in [6.45, 7) is 6.38. The molecule has 1 heterocycles. The number of benzene rings is 2. The van der Waals surface area contributed by atoms with E-state index >= 15 is 0 Å². The molecule has 1 aliphatic carbocycles. The Morgan fingerprint density at radius 2 is 1.69 bits per heavy atom. The first-order valence-corrected chi connectivity index (χ1v) is 11.3. The number of rotatable bonds is 4. The van der Waals surface area contributed by atoms with E-state index in [4.69, 9.17) is 9.47 Å². The molecule has 0 bridgehead atoms. The van der Waals surface area contributed by atoms with E-state index in [0.29, 0.717) is 11.6 Å². The van der Waals surface area contributed by atoms with Crippen LogP contribution in [0.25, 0.3) is 0 Å². The van der Waals surface area contributed by atoms with E-state index in [9.17, 15) is 9.59 Å². The molecule has 6 heteroatoms. The Morgan fingerprint density at radius 1 is 1.00 bits per heavy atom. The van der Waals surface area contributed by atoms with Crippen molar-refractivity contribution < 1.29 is 19.1 Å². The molecule has 0 aromatic heterocycles. The van der Waals surface area contributed by atoms with Crippen molar-refractivity contribution in [1.82, 2.24) is 0 Å². The van der Waals surface area contributed by atoms with Gasteiger partial charge in [0.05, 0.1) is 24.9 Å². The minimum Gasteiger partial charge on any atom is -0.450 e. The van der Waals surface area contributed by atoms with Gasteiger partial charge >= 0.3 is 12.2 Å². The van der Waals surface area contributed by atoms with Gasteiger partial charge in [-0.2, -0.15) is 0 Å². The van der Waals surface area contributed by atoms with Crippen LogP contribution in [0.5, 0.6) is 0 Å². The summed E-state index contributed by atoms with van der Waals surface area (Å²) in [5.41, 5.74) is 3.49. The van der Waals surface area contributed by atoms with Crippen LogP contribution in [0.4, 0.5) is 21.0 Å². The number of carbonyl (C=O) groups is 2. The first-order chi connectivity index (χ1) is 15.6. The molecule has 0 radical (unpaired) electrons. The minimum absolute atomic E-state index is 0.129. The smallest absolute Gasteiger partial charge is 0.414 e. The summed E-state index contributed by atoms with van der Waals surface area (Å²) in [5, 5.41) is 2.88. The van der Waals surface area contributed by atoms with Crippen LogP contribution < -0.4 is 10.2 Å². The lowest BCUT2D eigenvalue weighted by Gasteiger charge is -2.49. The molecule has 0 unspecified atom stereocenters. The van der Waals surface area contributed by atoms with E-state index in [1.807, 2.05) is 49.4 Å². The number of allylic oxidation sites excluding steroid dienone is 2. The molecule has 32 heavy (non-hydrogen) atoms. The molecule has 2 aliphatic rings. The van der Waals surface area contributed by atoms with Gasteiger partial charge in [0.25, 0.3) is 0 Å². The van der Waals surface area contributed by atoms with Gasteiger partial charge in [-0.25, -0.2) is 9.59 Å². The van der Waals surface area contributed by atoms with Crippen molar-refractivity contribution in [3.05, 3.63) is 71.8 Å². The molecule has 2 aromatic carbocycles. The van der Waals surface area contributed by atoms with Gasteiger partial charge in [0.15, 0.2) is 0 Å². The monoisotopic (exact) mass is 434 g/mol. The van der Waals surface area contributed by atoms with E-state index in [2.05, 4.69) is 30.5 Å². The second kappa shape index (κ2) is 9.47. The number of carbonyl (C=O) groups excluding carboxylic acids is 2. The highest BCUT2D eigenvalue weighted by Crippen LogP contribution is 2.55. The minimum atomic E-state index is -0.507. The third-order valence-corrected chi connectivity index (χ3v) is 6.38. The van der Waals surface area contributed by atoms with Crippen molar-refractivity contribution >= 4 is 23.6 Å². The number of hydrogen-bond donors (Lipinski definition) is 1. The maximum Gasteiger partial charge on any atom is 0.414 e. The van der Waals surface area contributed by atoms with Crippen molar-refractivity contribution in [1.29, 1.82) is 0 Å². The SMILES string of the molecule is CCOC(=O)Nc1ccccc1[C@H]1[C@@H]2[C@@H](C)CC=C[C@H]2c2ccccc2N1C(=O)OCC. The maximum absolute atomic E-state index is 13.3. The molecule has 0 saturated carbocycles. The predicted molar refractivity (Wildman–Crippen MR) is 125 cm³/mol. The van der Waals surface area contributed by atoms with Gasteiger partial charge < -0.3 is 9.47 Å². The van der Waals surface area contributed by atoms with E-state index < -0.39 is 6.09 Å². The molecule has 1 N–H and O–H groups in total. The number of hydrogen-bond acceptors (Lipinski definition) is 4. The van der Waals surface area contributed by atoms with Crippen LogP contribution in [0.15, 0.2) is 60.7 Å². The topological polar surface area (TPSA) is 67.9 Å². The highest BCUT2D eigenvalue weighted by Gasteiger charge is 2.47. The van der Waals surface area contributed by atoms with Gasteiger partial charge in [-0.1, -0.05) is 55.5 Å². The fraction of sp³-hybridized carbons (Fsp3) is 0.385. The zero-order chi connectivity index (χ0) is 22.7. The Morgan fingerprint density at radius 3 is 2.44 bits per heavy atom. The summed E-state index contributed by atoms with van der Waals surface area (Å²) in [6.07, 6.45) is 4.55. The fourth-order valence-electron chi connectivity index (χ4n) is 5.11. The summed E-state index contributed by atoms with van der Waals surface area (Å²) in [5.74, 6) is 0.627. The van der Waals surface area contributed by atoms with Crippen LogP contribution in [-0.2, 0) is 9.47 Å². The molecule has 2 amide bonds. The molecule has 0 fully saturated rings. The highest BCUT2D eigenvalue weighted by molar-refractivity contribution is 5.92. The van der Waals surface area contributed by atoms with E-state index in [1.165, 1.54) is 0 Å². The molecule has 4 rings (SSSR count). The van der Waals surface area contributed by atoms with Gasteiger partial charge in [-0.3, -0.25) is 10.2 Å². The molecule has 4 atom stereocenters. The quantitative estimate of drug-likeness (QED) is 0.576. The van der Waals surface area contributed by atoms with Crippen molar-refractivity contribution in [2.75, 3.05) is 23.4 Å². The van der Waals surface area contributed by atoms with E-state index in [-0.39, 0.29) is 37.2 Å². The lowest BCUT2D eigenvalue weighted by atomic mass is 9.65. The van der Waals surface area contributed by atoms with E-state index in [1.54, 1.807) is 11.8 Å². The first kappa shape index (κ1) is 21.9. The summed E-state index contributed by atoms with van der Waals surface area (Å²) in [7, 11) is 0. The highest BCUT2D eigenvalue weighted by atomic mass is 16.6. The van der Waals surface area contributed by atoms with Crippen LogP contribution in [-0.4, -0.2) is 25.4 Å². The van der Waals surface area contributed by atoms with Crippen molar-refractivity contribution in [2.24, 2.45) is 11.8 Å². The van der Waals surface area contributed by atoms with Crippen LogP contribution in [0, 0.1) is 11.8 Å². The molecule has 0 saturated heterocycles. The number of fused-ring (bicyclic) bond motifs is 3. The van der Waals surface area contributed by atoms with Crippen LogP contribution >= 0.6 is 0 Å². The fourth-order valence-corrected chi connectivity index (χ4v) is 5.11. The average molecular weight is 435 g/mol. The largest absolute Gasteiger partial charge is 0.450 e. The third-order valence-electron chi connectivity index (χ3n) is 6.38. The Labute approximate surface area is 189 Å². The lowest BCUT2D eigenvalue weighted by Crippen LogP contribution is -2.47. The number of ether oxygens (including phenoxy) is 2. The van der Waals surface area contributed by atoms with Crippen molar-refractivity contribution in [2.45, 2.75) is 39.2 Å². The zero-order valence-corrected chi connectivity index (χ0v) is 18.8. The summed E-state index contributed by atoms with van der Waals surface area (Å²) >= 11 is 0. The van der Waals surface area contributed by atoms with Crippen molar-refractivity contribution in [3.63, 3.8) is 0 Å². The number of nitrogens with zero attached hydrogens (tertiary/aromatic N) is 1. The summed E-state index contributed by atoms with van der Waals surface area (Å²) in [6, 6.07) is 15.4. The Hall–Kier alpha value is -3.28. The maximum atomic E-state index is 13.3. The van der Waals surface area contributed by atoms with Crippen LogP contribution in [0.1, 0.15) is 50.3 Å². The predicted octanol–water partition coefficient (Wildman–Crippen LogP) is 6.27. The van der Waals surface area contributed by atoms with Gasteiger partial charge in [-0.15, -0.1) is 0 Å². The molecule has 168 valence electrons. The second-order valence-electron chi connectivity index (χ2n) is 8.25. The summed E-state index contributed by atoms with van der Waals surface area (Å²) < 4.78 is 10.6. The van der Waals surface area contributed by atoms with Crippen molar-refractivity contribution in [3.8, 4) is 0 Å². The van der Waals surface area contributed by atoms with Gasteiger partial charge in [0.2, 0.25) is 0 Å². The Balaban J connectivity index is 1.90. The Bertz CT molecular complexity index is 1020. The van der Waals surface area contributed by atoms with Gasteiger partial charge in [-0.05, 0) is 55.4 Å². The standard InChI is InChI=1S/C26H30N2O4/c1-4-31-25(29)27-21-15-8-6-13-20(21)24-23-17(3)11-10-14-19(23)18-12-7-9-16-22(18)28(24)26(30)32-5-2/h6-10,12-17,19,23-24H,4-5,11H2,1-3H3,(H,27,29)/t17-,19-,23+,24-/m0/s1. The lowest BCUT2D eigenvalue weighted by molar-refractivity contribution is 0.146. The average Bonchev–Trinajstić information content (AvgIpc) is 2.79. The molecule has 2 aromatic rings. The second-order valence-corrected chi connectivity index (χ2v) is 8.25. The molecule has 1 aliphatic heterocycles. The number of para-hydroxylation sites is 2. The molecular weight excluding hydrogens is 404 g/mol. The van der Waals surface area contributed by atoms with E-state index in [0.717, 1.165) is 23.2 Å². The third kappa shape index (κ3) is 3.97. The summed E-state index contributed by atoms with van der Waals surface area (Å²) in [4.78, 5) is 27.4. The number of anilines is 2. The molecular formula is C26H30N2O4. The molecule has 0 spiro atoms. The molecule has 6 nitrogen and oxygen atoms in total.